The minimum absolute atomic E-state index is 0.0582. The Labute approximate surface area is 199 Å². The average Bonchev–Trinajstić information content (AvgIpc) is 2.78. The monoisotopic (exact) mass is 469 g/mol. The fourth-order valence-electron chi connectivity index (χ4n) is 2.68. The third-order valence-electron chi connectivity index (χ3n) is 4.73. The first-order valence-electron chi connectivity index (χ1n) is 11.8. The number of thiocyanates is 1. The zero-order valence-corrected chi connectivity index (χ0v) is 21.2. The van der Waals surface area contributed by atoms with Crippen LogP contribution in [0.3, 0.4) is 0 Å². The quantitative estimate of drug-likeness (QED) is 0.122. The molecule has 3 atom stereocenters. The van der Waals surface area contributed by atoms with Crippen LogP contribution in [-0.2, 0) is 19.0 Å². The maximum absolute atomic E-state index is 11.7. The molecule has 0 aromatic heterocycles. The zero-order chi connectivity index (χ0) is 23.9. The highest BCUT2D eigenvalue weighted by molar-refractivity contribution is 8.04. The van der Waals surface area contributed by atoms with Crippen LogP contribution in [0.2, 0.25) is 0 Å². The number of nitrogens with zero attached hydrogens (tertiary/aromatic N) is 1. The van der Waals surface area contributed by atoms with Gasteiger partial charge in [-0.3, -0.25) is 4.79 Å². The van der Waals surface area contributed by atoms with E-state index in [-0.39, 0.29) is 11.3 Å². The molecular formula is C24H43N3O4S. The lowest BCUT2D eigenvalue weighted by molar-refractivity contribution is -0.122. The highest BCUT2D eigenvalue weighted by Gasteiger charge is 2.10. The summed E-state index contributed by atoms with van der Waals surface area (Å²) >= 11 is 1.16. The van der Waals surface area contributed by atoms with E-state index in [4.69, 9.17) is 19.5 Å². The van der Waals surface area contributed by atoms with Gasteiger partial charge in [-0.15, -0.1) is 0 Å². The lowest BCUT2D eigenvalue weighted by Gasteiger charge is -2.16. The summed E-state index contributed by atoms with van der Waals surface area (Å²) in [5, 5.41) is 17.2. The molecule has 184 valence electrons. The van der Waals surface area contributed by atoms with E-state index in [1.54, 1.807) is 0 Å². The Morgan fingerprint density at radius 3 is 2.47 bits per heavy atom. The molecule has 0 aliphatic heterocycles. The van der Waals surface area contributed by atoms with Crippen molar-refractivity contribution in [2.45, 2.75) is 77.7 Å². The number of ether oxygens (including phenoxy) is 3. The molecule has 0 saturated heterocycles. The second-order valence-electron chi connectivity index (χ2n) is 7.68. The summed E-state index contributed by atoms with van der Waals surface area (Å²) in [6, 6.07) is 0.515. The molecule has 0 aromatic rings. The lowest BCUT2D eigenvalue weighted by atomic mass is 10.1. The number of nitriles is 1. The predicted octanol–water partition coefficient (Wildman–Crippen LogP) is 3.69. The fraction of sp³-hybridized carbons (Fsp3) is 0.833. The SMILES string of the molecule is CCCC(C)C#CCNC(=O)CCOCCOCCO[C@@H](CCCNC(C)CC)SC#N. The summed E-state index contributed by atoms with van der Waals surface area (Å²) in [6.07, 6.45) is 5.42. The van der Waals surface area contributed by atoms with Gasteiger partial charge in [0.2, 0.25) is 5.91 Å². The number of thioether (sulfide) groups is 1. The van der Waals surface area contributed by atoms with E-state index in [9.17, 15) is 4.79 Å². The van der Waals surface area contributed by atoms with Gasteiger partial charge in [-0.25, -0.2) is 0 Å². The maximum Gasteiger partial charge on any atom is 0.223 e. The topological polar surface area (TPSA) is 92.6 Å². The number of rotatable bonds is 20. The molecule has 7 nitrogen and oxygen atoms in total. The third-order valence-corrected chi connectivity index (χ3v) is 5.47. The van der Waals surface area contributed by atoms with Crippen molar-refractivity contribution in [1.29, 1.82) is 5.26 Å². The van der Waals surface area contributed by atoms with Crippen LogP contribution in [0, 0.1) is 28.4 Å². The number of carbonyl (C=O) groups excluding carboxylic acids is 1. The van der Waals surface area contributed by atoms with Crippen LogP contribution in [0.25, 0.3) is 0 Å². The van der Waals surface area contributed by atoms with E-state index in [2.05, 4.69) is 55.6 Å². The van der Waals surface area contributed by atoms with Gasteiger partial charge in [0.05, 0.1) is 39.6 Å². The van der Waals surface area contributed by atoms with Gasteiger partial charge in [-0.1, -0.05) is 39.0 Å². The largest absolute Gasteiger partial charge is 0.379 e. The molecule has 0 radical (unpaired) electrons. The molecule has 0 fully saturated rings. The van der Waals surface area contributed by atoms with Gasteiger partial charge in [-0.05, 0) is 50.9 Å². The van der Waals surface area contributed by atoms with Crippen molar-refractivity contribution in [3.8, 4) is 17.2 Å². The van der Waals surface area contributed by atoms with Gasteiger partial charge >= 0.3 is 0 Å². The first kappa shape index (κ1) is 30.7. The number of nitrogens with one attached hydrogen (secondary N) is 2. The van der Waals surface area contributed by atoms with Crippen molar-refractivity contribution >= 4 is 17.7 Å². The van der Waals surface area contributed by atoms with Crippen molar-refractivity contribution in [1.82, 2.24) is 10.6 Å². The van der Waals surface area contributed by atoms with Gasteiger partial charge in [0.15, 0.2) is 0 Å². The number of carbonyl (C=O) groups is 1. The smallest absolute Gasteiger partial charge is 0.223 e. The first-order valence-corrected chi connectivity index (χ1v) is 12.7. The first-order chi connectivity index (χ1) is 15.5. The molecule has 1 amide bonds. The van der Waals surface area contributed by atoms with Crippen molar-refractivity contribution < 1.29 is 19.0 Å². The van der Waals surface area contributed by atoms with Crippen LogP contribution >= 0.6 is 11.8 Å². The number of hydrogen-bond donors (Lipinski definition) is 2. The van der Waals surface area contributed by atoms with Crippen LogP contribution in [0.4, 0.5) is 0 Å². The Morgan fingerprint density at radius 2 is 1.78 bits per heavy atom. The normalized spacial score (nSPS) is 13.5. The molecule has 0 heterocycles. The summed E-state index contributed by atoms with van der Waals surface area (Å²) < 4.78 is 16.6. The molecular weight excluding hydrogens is 426 g/mol. The zero-order valence-electron chi connectivity index (χ0n) is 20.4. The van der Waals surface area contributed by atoms with E-state index >= 15 is 0 Å². The molecule has 8 heteroatoms. The van der Waals surface area contributed by atoms with Gasteiger partial charge in [0, 0.05) is 18.4 Å². The van der Waals surface area contributed by atoms with Crippen molar-refractivity contribution in [3.05, 3.63) is 0 Å². The summed E-state index contributed by atoms with van der Waals surface area (Å²) in [5.41, 5.74) is -0.128. The minimum atomic E-state index is -0.128. The van der Waals surface area contributed by atoms with E-state index in [0.29, 0.717) is 58.0 Å². The van der Waals surface area contributed by atoms with Crippen LogP contribution in [0.1, 0.15) is 66.2 Å². The minimum Gasteiger partial charge on any atom is -0.379 e. The second-order valence-corrected chi connectivity index (χ2v) is 8.62. The molecule has 0 aliphatic rings. The summed E-state index contributed by atoms with van der Waals surface area (Å²) in [6.45, 7) is 12.0. The standard InChI is InChI=1S/C24H43N3O4S/c1-5-9-21(3)10-7-14-27-23(28)12-15-29-16-17-30-18-19-31-24(32-20-25)11-8-13-26-22(4)6-2/h21-22,24,26H,5-6,8-9,11-19H2,1-4H3,(H,27,28)/t21?,22?,24-/m1/s1. The molecule has 2 N–H and O–H groups in total. The Kier molecular flexibility index (Phi) is 22.0. The molecule has 0 rings (SSSR count). The molecule has 0 aromatic carbocycles. The van der Waals surface area contributed by atoms with E-state index in [1.165, 1.54) is 0 Å². The maximum atomic E-state index is 11.7. The fourth-order valence-corrected chi connectivity index (χ4v) is 3.25. The Hall–Kier alpha value is -1.29. The van der Waals surface area contributed by atoms with Gasteiger partial charge in [0.25, 0.3) is 0 Å². The summed E-state index contributed by atoms with van der Waals surface area (Å²) in [7, 11) is 0. The summed E-state index contributed by atoms with van der Waals surface area (Å²) in [4.78, 5) is 11.7. The molecule has 0 aliphatic carbocycles. The van der Waals surface area contributed by atoms with E-state index < -0.39 is 0 Å². The van der Waals surface area contributed by atoms with Crippen LogP contribution in [0.15, 0.2) is 0 Å². The van der Waals surface area contributed by atoms with E-state index in [0.717, 1.165) is 50.4 Å². The van der Waals surface area contributed by atoms with Gasteiger partial charge in [-0.2, -0.15) is 5.26 Å². The molecule has 0 spiro atoms. The van der Waals surface area contributed by atoms with E-state index in [1.807, 2.05) is 0 Å². The van der Waals surface area contributed by atoms with Crippen LogP contribution < -0.4 is 10.6 Å². The van der Waals surface area contributed by atoms with Crippen LogP contribution in [0.5, 0.6) is 0 Å². The Morgan fingerprint density at radius 1 is 1.06 bits per heavy atom. The molecule has 32 heavy (non-hydrogen) atoms. The molecule has 2 unspecified atom stereocenters. The van der Waals surface area contributed by atoms with Crippen molar-refractivity contribution in [2.24, 2.45) is 5.92 Å². The highest BCUT2D eigenvalue weighted by atomic mass is 32.2. The molecule has 0 bridgehead atoms. The Balaban J connectivity index is 3.61. The predicted molar refractivity (Wildman–Crippen MR) is 131 cm³/mol. The number of hydrogen-bond acceptors (Lipinski definition) is 7. The Bertz CT molecular complexity index is 560. The average molecular weight is 470 g/mol. The highest BCUT2D eigenvalue weighted by Crippen LogP contribution is 2.16. The van der Waals surface area contributed by atoms with Crippen molar-refractivity contribution in [3.63, 3.8) is 0 Å². The van der Waals surface area contributed by atoms with Crippen molar-refractivity contribution in [2.75, 3.05) is 46.1 Å². The summed E-state index contributed by atoms with van der Waals surface area (Å²) in [5.74, 6) is 6.44. The lowest BCUT2D eigenvalue weighted by Crippen LogP contribution is -2.26. The molecule has 0 saturated carbocycles. The van der Waals surface area contributed by atoms with Crippen LogP contribution in [-0.4, -0.2) is 63.5 Å². The van der Waals surface area contributed by atoms with Gasteiger partial charge in [0.1, 0.15) is 10.8 Å². The second kappa shape index (κ2) is 22.9. The third kappa shape index (κ3) is 20.6. The number of amides is 1. The van der Waals surface area contributed by atoms with Gasteiger partial charge < -0.3 is 24.8 Å².